The van der Waals surface area contributed by atoms with Gasteiger partial charge in [0.15, 0.2) is 0 Å². The molecule has 3 N–H and O–H groups in total. The van der Waals surface area contributed by atoms with Gasteiger partial charge in [0.2, 0.25) is 11.8 Å². The average molecular weight is 344 g/mol. The summed E-state index contributed by atoms with van der Waals surface area (Å²) >= 11 is 1.20. The molecule has 126 valence electrons. The molecule has 0 saturated carbocycles. The first-order chi connectivity index (χ1) is 11.5. The molecule has 2 amide bonds. The summed E-state index contributed by atoms with van der Waals surface area (Å²) in [6, 6.07) is 17.0. The molecule has 0 aliphatic carbocycles. The zero-order valence-electron chi connectivity index (χ0n) is 13.4. The summed E-state index contributed by atoms with van der Waals surface area (Å²) in [6.45, 7) is 1.91. The molecule has 0 bridgehead atoms. The smallest absolute Gasteiger partial charge is 0.230 e. The van der Waals surface area contributed by atoms with E-state index in [0.29, 0.717) is 0 Å². The van der Waals surface area contributed by atoms with Crippen molar-refractivity contribution in [3.05, 3.63) is 60.2 Å². The number of benzene rings is 2. The standard InChI is InChI=1S/C18H20N2O3S/c1-13(20-18(22)12-24-11-17(19)21)14-7-9-16(10-8-14)23-15-5-3-2-4-6-15/h2-10,13H,11-12H2,1H3,(H2,19,21)(H,20,22)/t13-/m1/s1. The Labute approximate surface area is 145 Å². The summed E-state index contributed by atoms with van der Waals surface area (Å²) in [6.07, 6.45) is 0. The minimum atomic E-state index is -0.421. The van der Waals surface area contributed by atoms with E-state index in [-0.39, 0.29) is 23.5 Å². The highest BCUT2D eigenvalue weighted by Crippen LogP contribution is 2.23. The lowest BCUT2D eigenvalue weighted by atomic mass is 10.1. The van der Waals surface area contributed by atoms with Crippen molar-refractivity contribution >= 4 is 23.6 Å². The van der Waals surface area contributed by atoms with E-state index in [1.54, 1.807) is 0 Å². The molecule has 2 rings (SSSR count). The molecule has 0 spiro atoms. The topological polar surface area (TPSA) is 81.4 Å². The van der Waals surface area contributed by atoms with Crippen LogP contribution in [0.3, 0.4) is 0 Å². The molecule has 0 fully saturated rings. The molecule has 2 aromatic carbocycles. The number of ether oxygens (including phenoxy) is 1. The molecule has 0 saturated heterocycles. The normalized spacial score (nSPS) is 11.5. The van der Waals surface area contributed by atoms with Gasteiger partial charge in [0, 0.05) is 0 Å². The highest BCUT2D eigenvalue weighted by atomic mass is 32.2. The highest BCUT2D eigenvalue weighted by Gasteiger charge is 2.10. The maximum absolute atomic E-state index is 11.8. The Morgan fingerprint density at radius 2 is 1.67 bits per heavy atom. The Bertz CT molecular complexity index is 674. The summed E-state index contributed by atoms with van der Waals surface area (Å²) in [7, 11) is 0. The summed E-state index contributed by atoms with van der Waals surface area (Å²) in [5.74, 6) is 1.32. The monoisotopic (exact) mass is 344 g/mol. The van der Waals surface area contributed by atoms with E-state index in [2.05, 4.69) is 5.32 Å². The Hall–Kier alpha value is -2.47. The van der Waals surface area contributed by atoms with Crippen LogP contribution in [0.15, 0.2) is 54.6 Å². The van der Waals surface area contributed by atoms with Crippen molar-refractivity contribution < 1.29 is 14.3 Å². The molecule has 0 aliphatic heterocycles. The third-order valence-corrected chi connectivity index (χ3v) is 4.17. The van der Waals surface area contributed by atoms with Gasteiger partial charge in [0.05, 0.1) is 17.5 Å². The molecule has 0 heterocycles. The predicted octanol–water partition coefficient (Wildman–Crippen LogP) is 2.87. The van der Waals surface area contributed by atoms with Gasteiger partial charge < -0.3 is 15.8 Å². The first kappa shape index (κ1) is 17.9. The SMILES string of the molecule is C[C@@H](NC(=O)CSCC(N)=O)c1ccc(Oc2ccccc2)cc1. The van der Waals surface area contributed by atoms with Crippen LogP contribution >= 0.6 is 11.8 Å². The van der Waals surface area contributed by atoms with Crippen LogP contribution in [-0.4, -0.2) is 23.3 Å². The van der Waals surface area contributed by atoms with Crippen molar-refractivity contribution in [2.75, 3.05) is 11.5 Å². The summed E-state index contributed by atoms with van der Waals surface area (Å²) < 4.78 is 5.74. The van der Waals surface area contributed by atoms with Gasteiger partial charge in [0.1, 0.15) is 11.5 Å². The number of carbonyl (C=O) groups excluding carboxylic acids is 2. The lowest BCUT2D eigenvalue weighted by molar-refractivity contribution is -0.119. The molecule has 0 radical (unpaired) electrons. The number of nitrogens with one attached hydrogen (secondary N) is 1. The Morgan fingerprint density at radius 3 is 2.29 bits per heavy atom. The van der Waals surface area contributed by atoms with E-state index >= 15 is 0 Å². The van der Waals surface area contributed by atoms with Crippen LogP contribution in [0, 0.1) is 0 Å². The third-order valence-electron chi connectivity index (χ3n) is 3.21. The second-order valence-corrected chi connectivity index (χ2v) is 6.22. The van der Waals surface area contributed by atoms with E-state index in [9.17, 15) is 9.59 Å². The second kappa shape index (κ2) is 8.98. The van der Waals surface area contributed by atoms with Gasteiger partial charge >= 0.3 is 0 Å². The molecule has 2 aromatic rings. The maximum atomic E-state index is 11.8. The summed E-state index contributed by atoms with van der Waals surface area (Å²) in [5.41, 5.74) is 6.01. The van der Waals surface area contributed by atoms with Gasteiger partial charge in [-0.3, -0.25) is 9.59 Å². The van der Waals surface area contributed by atoms with Gasteiger partial charge in [0.25, 0.3) is 0 Å². The molecule has 6 heteroatoms. The van der Waals surface area contributed by atoms with Crippen molar-refractivity contribution in [2.24, 2.45) is 5.73 Å². The van der Waals surface area contributed by atoms with E-state index < -0.39 is 5.91 Å². The molecular weight excluding hydrogens is 324 g/mol. The maximum Gasteiger partial charge on any atom is 0.230 e. The van der Waals surface area contributed by atoms with E-state index in [1.165, 1.54) is 11.8 Å². The van der Waals surface area contributed by atoms with Crippen molar-refractivity contribution in [3.8, 4) is 11.5 Å². The number of para-hydroxylation sites is 1. The molecule has 0 unspecified atom stereocenters. The fourth-order valence-electron chi connectivity index (χ4n) is 2.06. The summed E-state index contributed by atoms with van der Waals surface area (Å²) in [5, 5.41) is 2.89. The van der Waals surface area contributed by atoms with Crippen LogP contribution < -0.4 is 15.8 Å². The van der Waals surface area contributed by atoms with Crippen LogP contribution in [0.1, 0.15) is 18.5 Å². The first-order valence-electron chi connectivity index (χ1n) is 7.53. The fourth-order valence-corrected chi connectivity index (χ4v) is 2.63. The van der Waals surface area contributed by atoms with E-state index in [1.807, 2.05) is 61.5 Å². The molecule has 24 heavy (non-hydrogen) atoms. The second-order valence-electron chi connectivity index (χ2n) is 5.23. The number of carbonyl (C=O) groups is 2. The van der Waals surface area contributed by atoms with E-state index in [4.69, 9.17) is 10.5 Å². The molecular formula is C18H20N2O3S. The highest BCUT2D eigenvalue weighted by molar-refractivity contribution is 8.00. The van der Waals surface area contributed by atoms with Crippen LogP contribution in [0.25, 0.3) is 0 Å². The van der Waals surface area contributed by atoms with Gasteiger partial charge in [-0.25, -0.2) is 0 Å². The zero-order chi connectivity index (χ0) is 17.4. The largest absolute Gasteiger partial charge is 0.457 e. The fraction of sp³-hybridized carbons (Fsp3) is 0.222. The Balaban J connectivity index is 1.85. The number of amides is 2. The minimum Gasteiger partial charge on any atom is -0.457 e. The number of hydrogen-bond donors (Lipinski definition) is 2. The number of primary amides is 1. The predicted molar refractivity (Wildman–Crippen MR) is 96.0 cm³/mol. The number of thioether (sulfide) groups is 1. The molecule has 0 aromatic heterocycles. The van der Waals surface area contributed by atoms with Crippen molar-refractivity contribution in [1.29, 1.82) is 0 Å². The minimum absolute atomic E-state index is 0.127. The van der Waals surface area contributed by atoms with Crippen LogP contribution in [-0.2, 0) is 9.59 Å². The lowest BCUT2D eigenvalue weighted by Crippen LogP contribution is -2.28. The van der Waals surface area contributed by atoms with Gasteiger partial charge in [-0.15, -0.1) is 11.8 Å². The van der Waals surface area contributed by atoms with Gasteiger partial charge in [-0.2, -0.15) is 0 Å². The molecule has 0 aliphatic rings. The third kappa shape index (κ3) is 5.96. The lowest BCUT2D eigenvalue weighted by Gasteiger charge is -2.15. The number of rotatable bonds is 8. The van der Waals surface area contributed by atoms with Crippen LogP contribution in [0.4, 0.5) is 0 Å². The van der Waals surface area contributed by atoms with Gasteiger partial charge in [-0.05, 0) is 36.8 Å². The van der Waals surface area contributed by atoms with Crippen LogP contribution in [0.5, 0.6) is 11.5 Å². The number of hydrogen-bond acceptors (Lipinski definition) is 4. The zero-order valence-corrected chi connectivity index (χ0v) is 14.2. The summed E-state index contributed by atoms with van der Waals surface area (Å²) in [4.78, 5) is 22.5. The average Bonchev–Trinajstić information content (AvgIpc) is 2.56. The first-order valence-corrected chi connectivity index (χ1v) is 8.68. The number of nitrogens with two attached hydrogens (primary N) is 1. The van der Waals surface area contributed by atoms with Crippen LogP contribution in [0.2, 0.25) is 0 Å². The van der Waals surface area contributed by atoms with Gasteiger partial charge in [-0.1, -0.05) is 30.3 Å². The molecule has 5 nitrogen and oxygen atoms in total. The Kier molecular flexibility index (Phi) is 6.69. The van der Waals surface area contributed by atoms with Crippen molar-refractivity contribution in [2.45, 2.75) is 13.0 Å². The van der Waals surface area contributed by atoms with E-state index in [0.717, 1.165) is 17.1 Å². The van der Waals surface area contributed by atoms with Crippen molar-refractivity contribution in [1.82, 2.24) is 5.32 Å². The Morgan fingerprint density at radius 1 is 1.04 bits per heavy atom. The quantitative estimate of drug-likeness (QED) is 0.771. The molecule has 1 atom stereocenters. The van der Waals surface area contributed by atoms with Crippen molar-refractivity contribution in [3.63, 3.8) is 0 Å².